The van der Waals surface area contributed by atoms with Gasteiger partial charge in [-0.15, -0.1) is 0 Å². The first-order valence-corrected chi connectivity index (χ1v) is 8.53. The highest BCUT2D eigenvalue weighted by Gasteiger charge is 2.49. The maximum absolute atomic E-state index is 6.42. The zero-order chi connectivity index (χ0) is 16.9. The van der Waals surface area contributed by atoms with Crippen LogP contribution in [0.15, 0.2) is 42.5 Å². The van der Waals surface area contributed by atoms with E-state index in [0.29, 0.717) is 10.1 Å². The number of nitrogens with zero attached hydrogens (tertiary/aromatic N) is 1. The van der Waals surface area contributed by atoms with E-state index in [1.54, 1.807) is 7.11 Å². The van der Waals surface area contributed by atoms with Crippen molar-refractivity contribution in [2.75, 3.05) is 12.0 Å². The number of anilines is 1. The minimum Gasteiger partial charge on any atom is -0.493 e. The Morgan fingerprint density at radius 2 is 2.12 bits per heavy atom. The summed E-state index contributed by atoms with van der Waals surface area (Å²) in [7, 11) is 1.65. The molecular weight excluding hydrogens is 344 g/mol. The summed E-state index contributed by atoms with van der Waals surface area (Å²) in [5.41, 5.74) is 1.36. The Morgan fingerprint density at radius 1 is 1.33 bits per heavy atom. The highest BCUT2D eigenvalue weighted by atomic mass is 35.5. The van der Waals surface area contributed by atoms with Gasteiger partial charge in [0.1, 0.15) is 0 Å². The number of benzene rings is 2. The normalized spacial score (nSPS) is 24.7. The Bertz CT molecular complexity index is 828. The van der Waals surface area contributed by atoms with Crippen molar-refractivity contribution in [3.05, 3.63) is 53.1 Å². The fraction of sp³-hybridized carbons (Fsp3) is 0.278. The van der Waals surface area contributed by atoms with Gasteiger partial charge in [0.2, 0.25) is 0 Å². The first kappa shape index (κ1) is 15.5. The number of halogens is 1. The van der Waals surface area contributed by atoms with Crippen LogP contribution in [0.2, 0.25) is 5.02 Å². The van der Waals surface area contributed by atoms with Gasteiger partial charge in [0.15, 0.2) is 22.3 Å². The van der Waals surface area contributed by atoms with Crippen LogP contribution in [0.25, 0.3) is 0 Å². The van der Waals surface area contributed by atoms with E-state index in [1.165, 1.54) is 0 Å². The molecule has 0 aromatic heterocycles. The van der Waals surface area contributed by atoms with E-state index >= 15 is 0 Å². The second-order valence-corrected chi connectivity index (χ2v) is 7.00. The molecule has 1 saturated heterocycles. The molecule has 2 unspecified atom stereocenters. The van der Waals surface area contributed by atoms with Crippen LogP contribution in [-0.4, -0.2) is 17.9 Å². The lowest BCUT2D eigenvalue weighted by atomic mass is 9.90. The predicted molar refractivity (Wildman–Crippen MR) is 99.0 cm³/mol. The van der Waals surface area contributed by atoms with E-state index in [0.717, 1.165) is 29.2 Å². The highest BCUT2D eigenvalue weighted by molar-refractivity contribution is 7.80. The van der Waals surface area contributed by atoms with Crippen LogP contribution in [-0.2, 0) is 0 Å². The number of rotatable bonds is 2. The molecule has 2 heterocycles. The molecule has 0 radical (unpaired) electrons. The monoisotopic (exact) mass is 360 g/mol. The third kappa shape index (κ3) is 2.31. The lowest BCUT2D eigenvalue weighted by molar-refractivity contribution is 0.0464. The second-order valence-electron chi connectivity index (χ2n) is 6.18. The summed E-state index contributed by atoms with van der Waals surface area (Å²) in [5.74, 6) is 1.49. The van der Waals surface area contributed by atoms with Gasteiger partial charge in [-0.1, -0.05) is 29.8 Å². The fourth-order valence-electron chi connectivity index (χ4n) is 3.53. The fourth-order valence-corrected chi connectivity index (χ4v) is 4.15. The van der Waals surface area contributed by atoms with Gasteiger partial charge in [-0.2, -0.15) is 0 Å². The molecule has 2 aromatic carbocycles. The standard InChI is InChI=1S/C18H17ClN2O2S/c1-18-10-14(13-7-4-8-15(22-2)16(13)23-18)20-17(24)21(18)12-6-3-5-11(19)9-12/h3-9,14H,10H2,1-2H3,(H,20,24). The highest BCUT2D eigenvalue weighted by Crippen LogP contribution is 2.49. The van der Waals surface area contributed by atoms with E-state index < -0.39 is 5.72 Å². The number of methoxy groups -OCH3 is 1. The number of fused-ring (bicyclic) bond motifs is 4. The summed E-state index contributed by atoms with van der Waals surface area (Å²) in [5, 5.41) is 4.72. The lowest BCUT2D eigenvalue weighted by Crippen LogP contribution is -2.65. The maximum atomic E-state index is 6.42. The Morgan fingerprint density at radius 3 is 2.88 bits per heavy atom. The average Bonchev–Trinajstić information content (AvgIpc) is 2.53. The molecule has 2 bridgehead atoms. The van der Waals surface area contributed by atoms with E-state index in [9.17, 15) is 0 Å². The number of thiocarbonyl (C=S) groups is 1. The first-order chi connectivity index (χ1) is 11.5. The number of hydrogen-bond donors (Lipinski definition) is 1. The van der Waals surface area contributed by atoms with Crippen molar-refractivity contribution >= 4 is 34.6 Å². The van der Waals surface area contributed by atoms with Crippen molar-refractivity contribution in [3.63, 3.8) is 0 Å². The van der Waals surface area contributed by atoms with Crippen molar-refractivity contribution in [1.29, 1.82) is 0 Å². The predicted octanol–water partition coefficient (Wildman–Crippen LogP) is 4.28. The van der Waals surface area contributed by atoms with Crippen LogP contribution < -0.4 is 19.7 Å². The van der Waals surface area contributed by atoms with Crippen LogP contribution in [0, 0.1) is 0 Å². The Balaban J connectivity index is 1.83. The molecule has 4 rings (SSSR count). The molecule has 6 heteroatoms. The van der Waals surface area contributed by atoms with Gasteiger partial charge < -0.3 is 14.8 Å². The number of ether oxygens (including phenoxy) is 2. The molecule has 4 nitrogen and oxygen atoms in total. The van der Waals surface area contributed by atoms with Crippen LogP contribution in [0.1, 0.15) is 24.9 Å². The first-order valence-electron chi connectivity index (χ1n) is 7.74. The Labute approximate surface area is 151 Å². The van der Waals surface area contributed by atoms with Gasteiger partial charge >= 0.3 is 0 Å². The van der Waals surface area contributed by atoms with Crippen molar-refractivity contribution in [2.45, 2.75) is 25.1 Å². The van der Waals surface area contributed by atoms with Gasteiger partial charge in [0.25, 0.3) is 0 Å². The Hall–Kier alpha value is -1.98. The summed E-state index contributed by atoms with van der Waals surface area (Å²) in [6, 6.07) is 13.6. The summed E-state index contributed by atoms with van der Waals surface area (Å²) >= 11 is 11.8. The molecule has 1 fully saturated rings. The van der Waals surface area contributed by atoms with Gasteiger partial charge in [-0.3, -0.25) is 4.90 Å². The summed E-state index contributed by atoms with van der Waals surface area (Å²) in [6.07, 6.45) is 0.764. The molecule has 2 aliphatic rings. The maximum Gasteiger partial charge on any atom is 0.188 e. The molecule has 24 heavy (non-hydrogen) atoms. The second kappa shape index (κ2) is 5.53. The largest absolute Gasteiger partial charge is 0.493 e. The molecule has 1 N–H and O–H groups in total. The van der Waals surface area contributed by atoms with Gasteiger partial charge in [0.05, 0.1) is 13.2 Å². The topological polar surface area (TPSA) is 33.7 Å². The summed E-state index contributed by atoms with van der Waals surface area (Å²) < 4.78 is 11.9. The molecule has 124 valence electrons. The summed E-state index contributed by atoms with van der Waals surface area (Å²) in [6.45, 7) is 2.05. The molecule has 2 aromatic rings. The van der Waals surface area contributed by atoms with Crippen LogP contribution in [0.3, 0.4) is 0 Å². The third-order valence-corrected chi connectivity index (χ3v) is 5.09. The molecule has 0 amide bonds. The molecule has 2 atom stereocenters. The average molecular weight is 361 g/mol. The molecule has 2 aliphatic heterocycles. The third-order valence-electron chi connectivity index (χ3n) is 4.55. The minimum absolute atomic E-state index is 0.0942. The van der Waals surface area contributed by atoms with Gasteiger partial charge in [-0.25, -0.2) is 0 Å². The number of para-hydroxylation sites is 1. The van der Waals surface area contributed by atoms with Crippen LogP contribution >= 0.6 is 23.8 Å². The van der Waals surface area contributed by atoms with E-state index in [1.807, 2.05) is 54.3 Å². The Kier molecular flexibility index (Phi) is 3.58. The van der Waals surface area contributed by atoms with Crippen molar-refractivity contribution in [2.24, 2.45) is 0 Å². The summed E-state index contributed by atoms with van der Waals surface area (Å²) in [4.78, 5) is 1.99. The zero-order valence-corrected chi connectivity index (χ0v) is 14.9. The van der Waals surface area contributed by atoms with E-state index in [-0.39, 0.29) is 6.04 Å². The number of nitrogens with one attached hydrogen (secondary N) is 1. The van der Waals surface area contributed by atoms with Crippen molar-refractivity contribution < 1.29 is 9.47 Å². The molecule has 0 spiro atoms. The smallest absolute Gasteiger partial charge is 0.188 e. The minimum atomic E-state index is -0.612. The molecule has 0 aliphatic carbocycles. The lowest BCUT2D eigenvalue weighted by Gasteiger charge is -2.52. The van der Waals surface area contributed by atoms with Crippen molar-refractivity contribution in [3.8, 4) is 11.5 Å². The van der Waals surface area contributed by atoms with Crippen molar-refractivity contribution in [1.82, 2.24) is 5.32 Å². The zero-order valence-electron chi connectivity index (χ0n) is 13.4. The van der Waals surface area contributed by atoms with Crippen LogP contribution in [0.5, 0.6) is 11.5 Å². The SMILES string of the molecule is COc1cccc2c1OC1(C)CC2NC(=S)N1c1cccc(Cl)c1. The van der Waals surface area contributed by atoms with Gasteiger partial charge in [-0.05, 0) is 43.4 Å². The quantitative estimate of drug-likeness (QED) is 0.808. The van der Waals surface area contributed by atoms with E-state index in [4.69, 9.17) is 33.3 Å². The van der Waals surface area contributed by atoms with Crippen LogP contribution in [0.4, 0.5) is 5.69 Å². The van der Waals surface area contributed by atoms with E-state index in [2.05, 4.69) is 5.32 Å². The molecular formula is C18H17ClN2O2S. The number of hydrogen-bond acceptors (Lipinski definition) is 3. The molecule has 0 saturated carbocycles. The van der Waals surface area contributed by atoms with Gasteiger partial charge in [0, 0.05) is 22.7 Å².